The van der Waals surface area contributed by atoms with E-state index in [1.54, 1.807) is 0 Å². The summed E-state index contributed by atoms with van der Waals surface area (Å²) in [5.41, 5.74) is 11.8. The summed E-state index contributed by atoms with van der Waals surface area (Å²) in [7, 11) is 0. The van der Waals surface area contributed by atoms with Crippen molar-refractivity contribution < 1.29 is 0 Å². The van der Waals surface area contributed by atoms with E-state index in [-0.39, 0.29) is 0 Å². The van der Waals surface area contributed by atoms with Gasteiger partial charge in [-0.1, -0.05) is 41.4 Å². The molecular weight excluding hydrogens is 230 g/mol. The standard InChI is InChI=1S/C15H16ClN/c1-10-3-5-14(11(2)7-10)15-6-4-13(16)8-12(15)9-17/h3-8H,9,17H2,1-2H3. The lowest BCUT2D eigenvalue weighted by Crippen LogP contribution is -1.99. The van der Waals surface area contributed by atoms with E-state index < -0.39 is 0 Å². The van der Waals surface area contributed by atoms with Crippen LogP contribution in [0, 0.1) is 13.8 Å². The summed E-state index contributed by atoms with van der Waals surface area (Å²) in [5.74, 6) is 0. The molecule has 0 aromatic heterocycles. The smallest absolute Gasteiger partial charge is 0.0409 e. The van der Waals surface area contributed by atoms with Gasteiger partial charge in [0.05, 0.1) is 0 Å². The molecule has 0 saturated carbocycles. The number of aryl methyl sites for hydroxylation is 2. The topological polar surface area (TPSA) is 26.0 Å². The van der Waals surface area contributed by atoms with Crippen LogP contribution in [0.15, 0.2) is 36.4 Å². The van der Waals surface area contributed by atoms with Crippen LogP contribution in [0.5, 0.6) is 0 Å². The SMILES string of the molecule is Cc1ccc(-c2ccc(Cl)cc2CN)c(C)c1. The van der Waals surface area contributed by atoms with Gasteiger partial charge in [0.1, 0.15) is 0 Å². The van der Waals surface area contributed by atoms with E-state index in [9.17, 15) is 0 Å². The molecule has 2 N–H and O–H groups in total. The molecule has 2 heteroatoms. The van der Waals surface area contributed by atoms with E-state index >= 15 is 0 Å². The first-order valence-electron chi connectivity index (χ1n) is 5.68. The molecule has 0 spiro atoms. The van der Waals surface area contributed by atoms with E-state index in [4.69, 9.17) is 17.3 Å². The van der Waals surface area contributed by atoms with Crippen LogP contribution >= 0.6 is 11.6 Å². The summed E-state index contributed by atoms with van der Waals surface area (Å²) in [6.45, 7) is 4.73. The molecule has 0 atom stereocenters. The highest BCUT2D eigenvalue weighted by Crippen LogP contribution is 2.29. The molecule has 0 bridgehead atoms. The van der Waals surface area contributed by atoms with Gasteiger partial charge in [-0.25, -0.2) is 0 Å². The molecule has 2 aromatic rings. The van der Waals surface area contributed by atoms with Gasteiger partial charge in [-0.15, -0.1) is 0 Å². The highest BCUT2D eigenvalue weighted by Gasteiger charge is 2.07. The second-order valence-electron chi connectivity index (χ2n) is 4.32. The lowest BCUT2D eigenvalue weighted by Gasteiger charge is -2.12. The molecule has 2 rings (SSSR count). The highest BCUT2D eigenvalue weighted by atomic mass is 35.5. The first-order chi connectivity index (χ1) is 8.11. The molecule has 88 valence electrons. The zero-order valence-corrected chi connectivity index (χ0v) is 10.9. The molecule has 1 nitrogen and oxygen atoms in total. The van der Waals surface area contributed by atoms with Crippen molar-refractivity contribution in [3.8, 4) is 11.1 Å². The predicted molar refractivity (Wildman–Crippen MR) is 74.3 cm³/mol. The van der Waals surface area contributed by atoms with Gasteiger partial charge in [0, 0.05) is 11.6 Å². The average Bonchev–Trinajstić information content (AvgIpc) is 2.30. The van der Waals surface area contributed by atoms with Crippen LogP contribution in [0.2, 0.25) is 5.02 Å². The van der Waals surface area contributed by atoms with Crippen LogP contribution in [0.3, 0.4) is 0 Å². The molecule has 0 radical (unpaired) electrons. The molecule has 0 heterocycles. The van der Waals surface area contributed by atoms with Crippen molar-refractivity contribution in [3.05, 3.63) is 58.1 Å². The Hall–Kier alpha value is -1.31. The van der Waals surface area contributed by atoms with E-state index in [1.807, 2.05) is 18.2 Å². The normalized spacial score (nSPS) is 10.6. The zero-order valence-electron chi connectivity index (χ0n) is 10.1. The van der Waals surface area contributed by atoms with Crippen molar-refractivity contribution in [2.45, 2.75) is 20.4 Å². The van der Waals surface area contributed by atoms with E-state index in [0.29, 0.717) is 6.54 Å². The molecule has 0 unspecified atom stereocenters. The summed E-state index contributed by atoms with van der Waals surface area (Å²) in [5, 5.41) is 0.735. The van der Waals surface area contributed by atoms with E-state index in [2.05, 4.69) is 32.0 Å². The summed E-state index contributed by atoms with van der Waals surface area (Å²) in [6, 6.07) is 12.3. The molecule has 0 aliphatic carbocycles. The Balaban J connectivity index is 2.60. The van der Waals surface area contributed by atoms with Crippen molar-refractivity contribution in [2.75, 3.05) is 0 Å². The van der Waals surface area contributed by atoms with E-state index in [1.165, 1.54) is 22.3 Å². The molecular formula is C15H16ClN. The Morgan fingerprint density at radius 2 is 1.71 bits per heavy atom. The maximum absolute atomic E-state index is 5.99. The first kappa shape index (κ1) is 12.2. The molecule has 0 aliphatic heterocycles. The summed E-state index contributed by atoms with van der Waals surface area (Å²) >= 11 is 5.99. The molecule has 0 amide bonds. The fourth-order valence-electron chi connectivity index (χ4n) is 2.11. The lowest BCUT2D eigenvalue weighted by atomic mass is 9.95. The van der Waals surface area contributed by atoms with Crippen molar-refractivity contribution >= 4 is 11.6 Å². The second-order valence-corrected chi connectivity index (χ2v) is 4.76. The van der Waals surface area contributed by atoms with Gasteiger partial charge < -0.3 is 5.73 Å². The minimum Gasteiger partial charge on any atom is -0.326 e. The van der Waals surface area contributed by atoms with Gasteiger partial charge in [-0.2, -0.15) is 0 Å². The fourth-order valence-corrected chi connectivity index (χ4v) is 2.30. The van der Waals surface area contributed by atoms with Gasteiger partial charge in [-0.3, -0.25) is 0 Å². The van der Waals surface area contributed by atoms with Gasteiger partial charge in [0.15, 0.2) is 0 Å². The van der Waals surface area contributed by atoms with Crippen LogP contribution in [-0.4, -0.2) is 0 Å². The quantitative estimate of drug-likeness (QED) is 0.848. The third-order valence-electron chi connectivity index (χ3n) is 2.96. The van der Waals surface area contributed by atoms with Crippen LogP contribution in [0.4, 0.5) is 0 Å². The number of hydrogen-bond donors (Lipinski definition) is 1. The molecule has 0 aliphatic rings. The average molecular weight is 246 g/mol. The number of rotatable bonds is 2. The fraction of sp³-hybridized carbons (Fsp3) is 0.200. The Bertz CT molecular complexity index is 547. The Labute approximate surface area is 107 Å². The lowest BCUT2D eigenvalue weighted by molar-refractivity contribution is 1.07. The van der Waals surface area contributed by atoms with Crippen molar-refractivity contribution in [2.24, 2.45) is 5.73 Å². The van der Waals surface area contributed by atoms with E-state index in [0.717, 1.165) is 10.6 Å². The number of halogens is 1. The number of hydrogen-bond acceptors (Lipinski definition) is 1. The van der Waals surface area contributed by atoms with Gasteiger partial charge in [0.2, 0.25) is 0 Å². The molecule has 17 heavy (non-hydrogen) atoms. The Kier molecular flexibility index (Phi) is 3.51. The molecule has 2 aromatic carbocycles. The highest BCUT2D eigenvalue weighted by molar-refractivity contribution is 6.30. The maximum atomic E-state index is 5.99. The van der Waals surface area contributed by atoms with Gasteiger partial charge in [-0.05, 0) is 48.2 Å². The number of nitrogens with two attached hydrogens (primary N) is 1. The van der Waals surface area contributed by atoms with Crippen LogP contribution in [0.25, 0.3) is 11.1 Å². The Morgan fingerprint density at radius 1 is 1.00 bits per heavy atom. The minimum absolute atomic E-state index is 0.503. The van der Waals surface area contributed by atoms with Gasteiger partial charge >= 0.3 is 0 Å². The van der Waals surface area contributed by atoms with Crippen LogP contribution in [-0.2, 0) is 6.54 Å². The number of benzene rings is 2. The summed E-state index contributed by atoms with van der Waals surface area (Å²) in [4.78, 5) is 0. The minimum atomic E-state index is 0.503. The van der Waals surface area contributed by atoms with Crippen molar-refractivity contribution in [1.82, 2.24) is 0 Å². The maximum Gasteiger partial charge on any atom is 0.0409 e. The summed E-state index contributed by atoms with van der Waals surface area (Å²) < 4.78 is 0. The predicted octanol–water partition coefficient (Wildman–Crippen LogP) is 4.08. The zero-order chi connectivity index (χ0) is 12.4. The third kappa shape index (κ3) is 2.51. The largest absolute Gasteiger partial charge is 0.326 e. The monoisotopic (exact) mass is 245 g/mol. The first-order valence-corrected chi connectivity index (χ1v) is 6.05. The van der Waals surface area contributed by atoms with Crippen molar-refractivity contribution in [1.29, 1.82) is 0 Å². The second kappa shape index (κ2) is 4.91. The van der Waals surface area contributed by atoms with Crippen LogP contribution in [0.1, 0.15) is 16.7 Å². The van der Waals surface area contributed by atoms with Crippen molar-refractivity contribution in [3.63, 3.8) is 0 Å². The molecule has 0 saturated heterocycles. The third-order valence-corrected chi connectivity index (χ3v) is 3.19. The van der Waals surface area contributed by atoms with Crippen LogP contribution < -0.4 is 5.73 Å². The van der Waals surface area contributed by atoms with Gasteiger partial charge in [0.25, 0.3) is 0 Å². The Morgan fingerprint density at radius 3 is 2.35 bits per heavy atom. The summed E-state index contributed by atoms with van der Waals surface area (Å²) in [6.07, 6.45) is 0. The molecule has 0 fully saturated rings.